The lowest BCUT2D eigenvalue weighted by Crippen LogP contribution is -2.32. The molecular weight excluding hydrogens is 248 g/mol. The molecule has 0 unspecified atom stereocenters. The van der Waals surface area contributed by atoms with E-state index in [0.29, 0.717) is 18.6 Å². The van der Waals surface area contributed by atoms with Crippen LogP contribution in [-0.2, 0) is 10.1 Å². The molecule has 1 aliphatic rings. The average molecular weight is 262 g/mol. The van der Waals surface area contributed by atoms with Gasteiger partial charge in [-0.2, -0.15) is 8.42 Å². The van der Waals surface area contributed by atoms with Gasteiger partial charge in [-0.05, 0) is 12.1 Å². The number of aliphatic hydroxyl groups excluding tert-OH is 1. The third-order valence-electron chi connectivity index (χ3n) is 1.77. The lowest BCUT2D eigenvalue weighted by atomic mass is 10.3. The third kappa shape index (κ3) is 5.53. The first-order chi connectivity index (χ1) is 7.90. The van der Waals surface area contributed by atoms with Crippen molar-refractivity contribution in [3.05, 3.63) is 24.3 Å². The summed E-state index contributed by atoms with van der Waals surface area (Å²) >= 11 is 0. The fourth-order valence-electron chi connectivity index (χ4n) is 1.15. The quantitative estimate of drug-likeness (QED) is 0.708. The van der Waals surface area contributed by atoms with E-state index in [-0.39, 0.29) is 12.7 Å². The Morgan fingerprint density at radius 1 is 1.35 bits per heavy atom. The van der Waals surface area contributed by atoms with Gasteiger partial charge in [0.1, 0.15) is 6.61 Å². The Balaban J connectivity index is 0.000000249. The summed E-state index contributed by atoms with van der Waals surface area (Å²) in [5, 5.41) is 8.81. The van der Waals surface area contributed by atoms with E-state index in [0.717, 1.165) is 5.75 Å². The molecule has 17 heavy (non-hydrogen) atoms. The second-order valence-corrected chi connectivity index (χ2v) is 4.88. The molecule has 0 saturated carbocycles. The monoisotopic (exact) mass is 262 g/mol. The summed E-state index contributed by atoms with van der Waals surface area (Å²) in [6.45, 7) is 0.418. The normalized spacial score (nSPS) is 17.9. The fourth-order valence-corrected chi connectivity index (χ4v) is 1.15. The number of rotatable bonds is 1. The maximum absolute atomic E-state index is 9.19. The number of fused-ring (bicyclic) bond motifs is 1. The molecule has 96 valence electrons. The highest BCUT2D eigenvalue weighted by Gasteiger charge is 2.18. The van der Waals surface area contributed by atoms with Gasteiger partial charge in [0.2, 0.25) is 0 Å². The van der Waals surface area contributed by atoms with E-state index in [9.17, 15) is 8.42 Å². The topological polar surface area (TPSA) is 93.1 Å². The van der Waals surface area contributed by atoms with Crippen LogP contribution in [0.15, 0.2) is 24.3 Å². The molecule has 0 saturated heterocycles. The van der Waals surface area contributed by atoms with Gasteiger partial charge in [-0.3, -0.25) is 4.55 Å². The largest absolute Gasteiger partial charge is 0.486 e. The number of hydrogen-bond donors (Lipinski definition) is 2. The minimum absolute atomic E-state index is 0.00562. The average Bonchev–Trinajstić information content (AvgIpc) is 2.26. The van der Waals surface area contributed by atoms with Crippen LogP contribution in [0.2, 0.25) is 0 Å². The summed E-state index contributed by atoms with van der Waals surface area (Å²) in [4.78, 5) is 0. The fraction of sp³-hybridized carbons (Fsp3) is 0.400. The maximum Gasteiger partial charge on any atom is 0.261 e. The van der Waals surface area contributed by atoms with Gasteiger partial charge in [-0.1, -0.05) is 12.1 Å². The number of ether oxygens (including phenoxy) is 2. The summed E-state index contributed by atoms with van der Waals surface area (Å²) in [5.74, 6) is 1.46. The van der Waals surface area contributed by atoms with Gasteiger partial charge in [0.05, 0.1) is 12.9 Å². The molecule has 0 bridgehead atoms. The van der Waals surface area contributed by atoms with Gasteiger partial charge >= 0.3 is 0 Å². The van der Waals surface area contributed by atoms with Crippen molar-refractivity contribution in [2.24, 2.45) is 0 Å². The van der Waals surface area contributed by atoms with Gasteiger partial charge in [0.25, 0.3) is 10.1 Å². The molecule has 0 radical (unpaired) electrons. The van der Waals surface area contributed by atoms with Crippen LogP contribution in [0.1, 0.15) is 0 Å². The molecule has 0 fully saturated rings. The molecule has 1 heterocycles. The summed E-state index contributed by atoms with van der Waals surface area (Å²) in [7, 11) is -3.67. The Hall–Kier alpha value is -1.31. The van der Waals surface area contributed by atoms with E-state index < -0.39 is 10.1 Å². The van der Waals surface area contributed by atoms with Gasteiger partial charge < -0.3 is 14.6 Å². The molecule has 0 spiro atoms. The second kappa shape index (κ2) is 5.85. The van der Waals surface area contributed by atoms with E-state index >= 15 is 0 Å². The molecule has 1 atom stereocenters. The van der Waals surface area contributed by atoms with Gasteiger partial charge in [0.15, 0.2) is 17.6 Å². The Morgan fingerprint density at radius 2 is 1.88 bits per heavy atom. The van der Waals surface area contributed by atoms with Crippen molar-refractivity contribution in [1.82, 2.24) is 0 Å². The zero-order valence-electron chi connectivity index (χ0n) is 9.24. The van der Waals surface area contributed by atoms with Gasteiger partial charge in [-0.15, -0.1) is 0 Å². The molecule has 0 aliphatic carbocycles. The predicted octanol–water partition coefficient (Wildman–Crippen LogP) is 0.323. The molecule has 1 aromatic rings. The predicted molar refractivity (Wildman–Crippen MR) is 60.9 cm³/mol. The van der Waals surface area contributed by atoms with Crippen LogP contribution in [0.5, 0.6) is 11.5 Å². The highest BCUT2D eigenvalue weighted by molar-refractivity contribution is 7.85. The molecule has 2 rings (SSSR count). The van der Waals surface area contributed by atoms with Crippen molar-refractivity contribution in [2.45, 2.75) is 6.10 Å². The zero-order valence-corrected chi connectivity index (χ0v) is 10.1. The molecule has 0 aromatic heterocycles. The molecule has 1 aromatic carbocycles. The van der Waals surface area contributed by atoms with Crippen LogP contribution in [-0.4, -0.2) is 43.7 Å². The molecule has 0 amide bonds. The molecule has 7 heteroatoms. The standard InChI is InChI=1S/C9H10O3.CH4O3S/c10-5-7-6-11-8-3-1-2-4-9(8)12-7;1-5(2,3)4/h1-4,7,10H,5-6H2;1H3,(H,2,3,4)/t7-;/m1./s1. The van der Waals surface area contributed by atoms with Crippen LogP contribution in [0, 0.1) is 0 Å². The van der Waals surface area contributed by atoms with Crippen molar-refractivity contribution in [3.63, 3.8) is 0 Å². The van der Waals surface area contributed by atoms with E-state index in [2.05, 4.69) is 0 Å². The first-order valence-electron chi connectivity index (χ1n) is 4.82. The van der Waals surface area contributed by atoms with Crippen molar-refractivity contribution < 1.29 is 27.6 Å². The van der Waals surface area contributed by atoms with Gasteiger partial charge in [0, 0.05) is 0 Å². The highest BCUT2D eigenvalue weighted by Crippen LogP contribution is 2.30. The molecule has 2 N–H and O–H groups in total. The number of benzene rings is 1. The first-order valence-corrected chi connectivity index (χ1v) is 6.67. The number of para-hydroxylation sites is 2. The summed E-state index contributed by atoms with van der Waals surface area (Å²) in [6, 6.07) is 7.45. The van der Waals surface area contributed by atoms with Crippen molar-refractivity contribution in [1.29, 1.82) is 0 Å². The van der Waals surface area contributed by atoms with Crippen LogP contribution in [0.25, 0.3) is 0 Å². The van der Waals surface area contributed by atoms with Crippen LogP contribution in [0.4, 0.5) is 0 Å². The van der Waals surface area contributed by atoms with Crippen LogP contribution < -0.4 is 9.47 Å². The Kier molecular flexibility index (Phi) is 4.73. The van der Waals surface area contributed by atoms with Crippen LogP contribution >= 0.6 is 0 Å². The van der Waals surface area contributed by atoms with Crippen molar-refractivity contribution in [2.75, 3.05) is 19.5 Å². The van der Waals surface area contributed by atoms with E-state index in [1.165, 1.54) is 0 Å². The summed E-state index contributed by atoms with van der Waals surface area (Å²) < 4.78 is 36.6. The zero-order chi connectivity index (χ0) is 12.9. The number of hydrogen-bond acceptors (Lipinski definition) is 5. The number of aliphatic hydroxyl groups is 1. The molecule has 6 nitrogen and oxygen atoms in total. The minimum Gasteiger partial charge on any atom is -0.486 e. The third-order valence-corrected chi connectivity index (χ3v) is 1.77. The minimum atomic E-state index is -3.67. The molecular formula is C10H14O6S. The highest BCUT2D eigenvalue weighted by atomic mass is 32.2. The lowest BCUT2D eigenvalue weighted by Gasteiger charge is -2.24. The van der Waals surface area contributed by atoms with E-state index in [1.807, 2.05) is 24.3 Å². The van der Waals surface area contributed by atoms with Gasteiger partial charge in [-0.25, -0.2) is 0 Å². The van der Waals surface area contributed by atoms with Crippen molar-refractivity contribution >= 4 is 10.1 Å². The maximum atomic E-state index is 9.19. The smallest absolute Gasteiger partial charge is 0.261 e. The summed E-state index contributed by atoms with van der Waals surface area (Å²) in [5.41, 5.74) is 0. The van der Waals surface area contributed by atoms with E-state index in [1.54, 1.807) is 0 Å². The lowest BCUT2D eigenvalue weighted by molar-refractivity contribution is 0.0456. The Labute approximate surface area is 99.5 Å². The first kappa shape index (κ1) is 13.8. The van der Waals surface area contributed by atoms with E-state index in [4.69, 9.17) is 19.1 Å². The summed E-state index contributed by atoms with van der Waals surface area (Å²) in [6.07, 6.45) is 0.493. The SMILES string of the molecule is CS(=O)(=O)O.OC[C@@H]1COc2ccccc2O1. The molecule has 1 aliphatic heterocycles. The van der Waals surface area contributed by atoms with Crippen molar-refractivity contribution in [3.8, 4) is 11.5 Å². The second-order valence-electron chi connectivity index (χ2n) is 3.41. The Bertz CT molecular complexity index is 448. The van der Waals surface area contributed by atoms with Crippen LogP contribution in [0.3, 0.4) is 0 Å². The Morgan fingerprint density at radius 3 is 2.41 bits per heavy atom.